The Balaban J connectivity index is 0.889. The lowest BCUT2D eigenvalue weighted by Gasteiger charge is -2.25. The van der Waals surface area contributed by atoms with Crippen LogP contribution in [0.2, 0.25) is 0 Å². The lowest BCUT2D eigenvalue weighted by Crippen LogP contribution is -2.09. The largest absolute Gasteiger partial charge is 0.310 e. The first-order valence-electron chi connectivity index (χ1n) is 20.7. The van der Waals surface area contributed by atoms with Gasteiger partial charge in [0.2, 0.25) is 0 Å². The smallest absolute Gasteiger partial charge is 0.0541 e. The van der Waals surface area contributed by atoms with Gasteiger partial charge >= 0.3 is 0 Å². The van der Waals surface area contributed by atoms with Crippen molar-refractivity contribution in [2.24, 2.45) is 0 Å². The summed E-state index contributed by atoms with van der Waals surface area (Å²) in [5.74, 6) is 0. The van der Waals surface area contributed by atoms with Crippen molar-refractivity contribution in [3.8, 4) is 61.3 Å². The number of anilines is 3. The third kappa shape index (κ3) is 5.81. The first-order chi connectivity index (χ1) is 29.7. The summed E-state index contributed by atoms with van der Waals surface area (Å²) < 4.78 is 2.40. The van der Waals surface area contributed by atoms with E-state index in [0.717, 1.165) is 17.1 Å². The molecule has 10 aromatic rings. The fraction of sp³-hybridized carbons (Fsp3) is 0. The Morgan fingerprint density at radius 2 is 0.767 bits per heavy atom. The maximum absolute atomic E-state index is 2.40. The average Bonchev–Trinajstić information content (AvgIpc) is 3.64. The van der Waals surface area contributed by atoms with E-state index in [-0.39, 0.29) is 0 Å². The number of rotatable bonds is 8. The topological polar surface area (TPSA) is 8.17 Å². The Morgan fingerprint density at radius 3 is 1.45 bits per heavy atom. The minimum atomic E-state index is 1.13. The standard InChI is InChI=1S/C58H38N2/c1-3-11-39(12-4-1)41-21-28-48(29-22-41)59(51-37-54-55(38-51)58(54)44-14-5-2-6-15-44)49-30-23-43(24-31-49)47-27-34-57-53(36-47)52-17-9-10-18-56(52)60(57)50-32-25-42(26-33-50)46-20-19-40-13-7-8-16-45(40)35-46/h1-38H. The average molecular weight is 763 g/mol. The van der Waals surface area contributed by atoms with Crippen LogP contribution in [0.3, 0.4) is 0 Å². The van der Waals surface area contributed by atoms with Gasteiger partial charge in [-0.1, -0.05) is 158 Å². The summed E-state index contributed by atoms with van der Waals surface area (Å²) in [6.07, 6.45) is 0. The summed E-state index contributed by atoms with van der Waals surface area (Å²) in [5.41, 5.74) is 19.6. The Bertz CT molecular complexity index is 3320. The Kier molecular flexibility index (Phi) is 7.89. The van der Waals surface area contributed by atoms with Crippen LogP contribution in [-0.2, 0) is 0 Å². The molecule has 12 rings (SSSR count). The predicted molar refractivity (Wildman–Crippen MR) is 254 cm³/mol. The van der Waals surface area contributed by atoms with Gasteiger partial charge in [0.1, 0.15) is 0 Å². The monoisotopic (exact) mass is 762 g/mol. The highest BCUT2D eigenvalue weighted by molar-refractivity contribution is 6.12. The Labute approximate surface area is 349 Å². The fourth-order valence-corrected chi connectivity index (χ4v) is 9.19. The van der Waals surface area contributed by atoms with Crippen molar-refractivity contribution in [2.45, 2.75) is 0 Å². The third-order valence-electron chi connectivity index (χ3n) is 12.2. The molecule has 0 saturated carbocycles. The van der Waals surface area contributed by atoms with Gasteiger partial charge in [0.05, 0.1) is 11.0 Å². The maximum atomic E-state index is 2.40. The van der Waals surface area contributed by atoms with Gasteiger partial charge in [-0.3, -0.25) is 0 Å². The van der Waals surface area contributed by atoms with Crippen LogP contribution in [0.1, 0.15) is 0 Å². The van der Waals surface area contributed by atoms with E-state index >= 15 is 0 Å². The Hall–Kier alpha value is -7.94. The highest BCUT2D eigenvalue weighted by atomic mass is 15.1. The zero-order valence-corrected chi connectivity index (χ0v) is 32.8. The fourth-order valence-electron chi connectivity index (χ4n) is 9.19. The molecule has 60 heavy (non-hydrogen) atoms. The van der Waals surface area contributed by atoms with Crippen molar-refractivity contribution >= 4 is 49.6 Å². The van der Waals surface area contributed by atoms with E-state index < -0.39 is 0 Å². The Morgan fingerprint density at radius 1 is 0.283 bits per heavy atom. The van der Waals surface area contributed by atoms with Gasteiger partial charge in [-0.05, 0) is 139 Å². The number of hydrogen-bond donors (Lipinski definition) is 0. The second kappa shape index (κ2) is 13.9. The molecule has 280 valence electrons. The minimum absolute atomic E-state index is 1.13. The van der Waals surface area contributed by atoms with Crippen molar-refractivity contribution in [3.05, 3.63) is 231 Å². The molecule has 0 amide bonds. The van der Waals surface area contributed by atoms with E-state index in [1.54, 1.807) is 0 Å². The molecule has 2 aliphatic rings. The van der Waals surface area contributed by atoms with E-state index in [4.69, 9.17) is 0 Å². The van der Waals surface area contributed by atoms with Crippen molar-refractivity contribution in [1.82, 2.24) is 4.57 Å². The number of fused-ring (bicyclic) bond motifs is 5. The van der Waals surface area contributed by atoms with E-state index in [2.05, 4.69) is 240 Å². The van der Waals surface area contributed by atoms with Gasteiger partial charge in [-0.15, -0.1) is 0 Å². The second-order valence-electron chi connectivity index (χ2n) is 15.8. The van der Waals surface area contributed by atoms with Crippen LogP contribution < -0.4 is 4.90 Å². The van der Waals surface area contributed by atoms with Gasteiger partial charge in [-0.25, -0.2) is 0 Å². The van der Waals surface area contributed by atoms with Gasteiger partial charge < -0.3 is 9.47 Å². The molecule has 1 aromatic heterocycles. The molecule has 9 aromatic carbocycles. The molecule has 0 atom stereocenters. The van der Waals surface area contributed by atoms with Gasteiger partial charge in [0.25, 0.3) is 0 Å². The molecule has 0 bridgehead atoms. The number of benzene rings is 10. The minimum Gasteiger partial charge on any atom is -0.310 e. The lowest BCUT2D eigenvalue weighted by atomic mass is 10.0. The van der Waals surface area contributed by atoms with Crippen LogP contribution in [0, 0.1) is 0 Å². The van der Waals surface area contributed by atoms with Crippen LogP contribution in [-0.4, -0.2) is 4.57 Å². The van der Waals surface area contributed by atoms with E-state index in [9.17, 15) is 0 Å². The highest BCUT2D eigenvalue weighted by Crippen LogP contribution is 2.55. The summed E-state index contributed by atoms with van der Waals surface area (Å²) in [6.45, 7) is 0. The van der Waals surface area contributed by atoms with Gasteiger partial charge in [0, 0.05) is 33.5 Å². The van der Waals surface area contributed by atoms with Gasteiger partial charge in [-0.2, -0.15) is 0 Å². The molecule has 2 heteroatoms. The zero-order valence-electron chi connectivity index (χ0n) is 32.8. The predicted octanol–water partition coefficient (Wildman–Crippen LogP) is 16.1. The van der Waals surface area contributed by atoms with Crippen molar-refractivity contribution in [3.63, 3.8) is 0 Å². The first kappa shape index (κ1) is 34.1. The zero-order chi connectivity index (χ0) is 39.6. The normalized spacial score (nSPS) is 11.7. The van der Waals surface area contributed by atoms with Crippen molar-refractivity contribution in [1.29, 1.82) is 0 Å². The summed E-state index contributed by atoms with van der Waals surface area (Å²) in [6, 6.07) is 84.0. The molecule has 2 aliphatic carbocycles. The molecule has 0 aliphatic heterocycles. The highest BCUT2D eigenvalue weighted by Gasteiger charge is 2.29. The number of nitrogens with zero attached hydrogens (tertiary/aromatic N) is 2. The molecule has 1 heterocycles. The molecule has 0 spiro atoms. The third-order valence-corrected chi connectivity index (χ3v) is 12.2. The number of aromatic nitrogens is 1. The van der Waals surface area contributed by atoms with Crippen LogP contribution in [0.15, 0.2) is 231 Å². The molecule has 0 radical (unpaired) electrons. The second-order valence-corrected chi connectivity index (χ2v) is 15.8. The quantitative estimate of drug-likeness (QED) is 0.150. The summed E-state index contributed by atoms with van der Waals surface area (Å²) in [5, 5.41) is 5.01. The van der Waals surface area contributed by atoms with E-state index in [0.29, 0.717) is 0 Å². The molecule has 2 nitrogen and oxygen atoms in total. The summed E-state index contributed by atoms with van der Waals surface area (Å²) >= 11 is 0. The lowest BCUT2D eigenvalue weighted by molar-refractivity contribution is 1.18. The van der Waals surface area contributed by atoms with E-state index in [1.807, 2.05) is 0 Å². The SMILES string of the molecule is c1ccc(-c2ccc(N(c3ccc(-c4ccc5c(c4)c4ccccc4n5-c4ccc(-c5ccc6ccccc6c5)cc4)cc3)c3cc4c(-c5ccccc5)c-4c3)cc2)cc1. The number of para-hydroxylation sites is 1. The van der Waals surface area contributed by atoms with Crippen LogP contribution in [0.4, 0.5) is 17.1 Å². The summed E-state index contributed by atoms with van der Waals surface area (Å²) in [7, 11) is 0. The van der Waals surface area contributed by atoms with Crippen LogP contribution in [0.5, 0.6) is 0 Å². The first-order valence-corrected chi connectivity index (χ1v) is 20.7. The molecule has 0 N–H and O–H groups in total. The van der Waals surface area contributed by atoms with Crippen molar-refractivity contribution < 1.29 is 0 Å². The molecule has 0 saturated heterocycles. The van der Waals surface area contributed by atoms with Crippen molar-refractivity contribution in [2.75, 3.05) is 4.90 Å². The maximum Gasteiger partial charge on any atom is 0.0541 e. The molecular formula is C58H38N2. The summed E-state index contributed by atoms with van der Waals surface area (Å²) in [4.78, 5) is 2.38. The molecule has 0 fully saturated rings. The van der Waals surface area contributed by atoms with Crippen LogP contribution in [0.25, 0.3) is 93.9 Å². The van der Waals surface area contributed by atoms with Gasteiger partial charge in [0.15, 0.2) is 0 Å². The molecular weight excluding hydrogens is 725 g/mol. The van der Waals surface area contributed by atoms with Crippen LogP contribution >= 0.6 is 0 Å². The molecule has 0 unspecified atom stereocenters. The van der Waals surface area contributed by atoms with E-state index in [1.165, 1.54) is 93.9 Å². The number of hydrogen-bond acceptors (Lipinski definition) is 1.